The van der Waals surface area contributed by atoms with Crippen LogP contribution in [0.2, 0.25) is 10.0 Å². The number of benzene rings is 3. The molecule has 1 aliphatic carbocycles. The number of rotatable bonds is 8. The maximum atomic E-state index is 13.0. The zero-order chi connectivity index (χ0) is 23.8. The Morgan fingerprint density at radius 1 is 1.06 bits per heavy atom. The molecule has 0 radical (unpaired) electrons. The smallest absolute Gasteiger partial charge is 0.325 e. The minimum Gasteiger partial charge on any atom is -0.489 e. The van der Waals surface area contributed by atoms with Gasteiger partial charge in [0.05, 0.1) is 4.90 Å². The standard InChI is InChI=1S/C24H21Cl2NO5S/c1-15-22(16-5-3-2-4-6-16)24(15,23(28)29)27-33(30,31)20-11-9-19(10-12-20)32-14-17-7-8-18(25)13-21(17)26/h2-13,15,22,27H,14H2,1H3,(H,28,29)/t15?,22-,24+/m1/s1. The number of aliphatic carboxylic acids is 1. The zero-order valence-corrected chi connectivity index (χ0v) is 19.9. The van der Waals surface area contributed by atoms with Gasteiger partial charge in [0, 0.05) is 21.5 Å². The molecule has 6 nitrogen and oxygen atoms in total. The monoisotopic (exact) mass is 505 g/mol. The SMILES string of the molecule is CC1[C@H](c2ccccc2)[C@]1(NS(=O)(=O)c1ccc(OCc2ccc(Cl)cc2Cl)cc1)C(=O)O. The summed E-state index contributed by atoms with van der Waals surface area (Å²) in [6, 6.07) is 19.9. The number of hydrogen-bond donors (Lipinski definition) is 2. The van der Waals surface area contributed by atoms with Crippen LogP contribution < -0.4 is 9.46 Å². The second-order valence-electron chi connectivity index (χ2n) is 7.95. The van der Waals surface area contributed by atoms with E-state index in [9.17, 15) is 18.3 Å². The molecule has 0 saturated heterocycles. The molecule has 1 fully saturated rings. The third-order valence-corrected chi connectivity index (χ3v) is 8.05. The Kier molecular flexibility index (Phi) is 6.42. The summed E-state index contributed by atoms with van der Waals surface area (Å²) in [4.78, 5) is 12.1. The van der Waals surface area contributed by atoms with Crippen molar-refractivity contribution in [2.75, 3.05) is 0 Å². The maximum absolute atomic E-state index is 13.0. The summed E-state index contributed by atoms with van der Waals surface area (Å²) in [6.45, 7) is 1.91. The molecular weight excluding hydrogens is 485 g/mol. The van der Waals surface area contributed by atoms with Gasteiger partial charge in [-0.1, -0.05) is 66.5 Å². The van der Waals surface area contributed by atoms with Crippen LogP contribution in [0.4, 0.5) is 0 Å². The van der Waals surface area contributed by atoms with E-state index in [1.165, 1.54) is 24.3 Å². The van der Waals surface area contributed by atoms with Crippen LogP contribution in [0.25, 0.3) is 0 Å². The van der Waals surface area contributed by atoms with Crippen LogP contribution in [0.1, 0.15) is 24.0 Å². The Hall–Kier alpha value is -2.58. The fourth-order valence-electron chi connectivity index (χ4n) is 4.10. The van der Waals surface area contributed by atoms with Crippen molar-refractivity contribution in [2.45, 2.75) is 29.9 Å². The lowest BCUT2D eigenvalue weighted by Gasteiger charge is -2.16. The van der Waals surface area contributed by atoms with Crippen LogP contribution in [0.15, 0.2) is 77.7 Å². The minimum absolute atomic E-state index is 0.0501. The van der Waals surface area contributed by atoms with Crippen molar-refractivity contribution in [1.29, 1.82) is 0 Å². The molecule has 0 aliphatic heterocycles. The average Bonchev–Trinajstić information content (AvgIpc) is 3.37. The minimum atomic E-state index is -4.09. The van der Waals surface area contributed by atoms with Gasteiger partial charge in [0.1, 0.15) is 17.9 Å². The third-order valence-electron chi connectivity index (χ3n) is 5.96. The van der Waals surface area contributed by atoms with E-state index < -0.39 is 33.4 Å². The van der Waals surface area contributed by atoms with Gasteiger partial charge in [-0.15, -0.1) is 0 Å². The van der Waals surface area contributed by atoms with Crippen molar-refractivity contribution in [3.63, 3.8) is 0 Å². The third kappa shape index (κ3) is 4.59. The van der Waals surface area contributed by atoms with Crippen LogP contribution in [0.5, 0.6) is 5.75 Å². The molecule has 0 heterocycles. The van der Waals surface area contributed by atoms with Gasteiger partial charge in [0.25, 0.3) is 0 Å². The number of ether oxygens (including phenoxy) is 1. The first-order chi connectivity index (χ1) is 15.6. The predicted molar refractivity (Wildman–Crippen MR) is 126 cm³/mol. The molecule has 0 bridgehead atoms. The van der Waals surface area contributed by atoms with Gasteiger partial charge in [-0.2, -0.15) is 4.72 Å². The molecule has 172 valence electrons. The number of carbonyl (C=O) groups is 1. The molecule has 2 N–H and O–H groups in total. The first kappa shape index (κ1) is 23.6. The Morgan fingerprint density at radius 3 is 2.33 bits per heavy atom. The number of carboxylic acids is 1. The molecule has 1 unspecified atom stereocenters. The molecule has 1 aliphatic rings. The van der Waals surface area contributed by atoms with E-state index in [0.29, 0.717) is 15.8 Å². The molecule has 0 spiro atoms. The van der Waals surface area contributed by atoms with Crippen molar-refractivity contribution >= 4 is 39.2 Å². The van der Waals surface area contributed by atoms with Crippen LogP contribution in [0.3, 0.4) is 0 Å². The highest BCUT2D eigenvalue weighted by Crippen LogP contribution is 2.58. The van der Waals surface area contributed by atoms with E-state index in [2.05, 4.69) is 4.72 Å². The normalized spacial score (nSPS) is 22.0. The Morgan fingerprint density at radius 2 is 1.73 bits per heavy atom. The van der Waals surface area contributed by atoms with Crippen LogP contribution in [-0.4, -0.2) is 25.0 Å². The lowest BCUT2D eigenvalue weighted by Crippen LogP contribution is -2.45. The fraction of sp³-hybridized carbons (Fsp3) is 0.208. The molecule has 3 aromatic carbocycles. The molecule has 0 amide bonds. The van der Waals surface area contributed by atoms with Gasteiger partial charge in [-0.25, -0.2) is 8.42 Å². The first-order valence-electron chi connectivity index (χ1n) is 10.1. The second-order valence-corrected chi connectivity index (χ2v) is 10.5. The van der Waals surface area contributed by atoms with E-state index in [0.717, 1.165) is 11.1 Å². The van der Waals surface area contributed by atoms with Crippen LogP contribution in [-0.2, 0) is 21.4 Å². The molecule has 33 heavy (non-hydrogen) atoms. The summed E-state index contributed by atoms with van der Waals surface area (Å²) in [7, 11) is -4.09. The van der Waals surface area contributed by atoms with Gasteiger partial charge in [0.2, 0.25) is 10.0 Å². The first-order valence-corrected chi connectivity index (χ1v) is 12.4. The highest BCUT2D eigenvalue weighted by Gasteiger charge is 2.70. The largest absolute Gasteiger partial charge is 0.489 e. The van der Waals surface area contributed by atoms with E-state index in [4.69, 9.17) is 27.9 Å². The van der Waals surface area contributed by atoms with E-state index >= 15 is 0 Å². The number of sulfonamides is 1. The average molecular weight is 506 g/mol. The molecule has 9 heteroatoms. The number of carboxylic acid groups (broad SMARTS) is 1. The van der Waals surface area contributed by atoms with Gasteiger partial charge in [-0.05, 0) is 47.9 Å². The number of halogens is 2. The number of hydrogen-bond acceptors (Lipinski definition) is 4. The van der Waals surface area contributed by atoms with E-state index in [1.807, 2.05) is 6.07 Å². The topological polar surface area (TPSA) is 92.7 Å². The van der Waals surface area contributed by atoms with E-state index in [1.54, 1.807) is 49.4 Å². The summed E-state index contributed by atoms with van der Waals surface area (Å²) >= 11 is 12.0. The molecule has 1 saturated carbocycles. The molecule has 3 aromatic rings. The summed E-state index contributed by atoms with van der Waals surface area (Å²) in [5, 5.41) is 10.9. The van der Waals surface area contributed by atoms with Gasteiger partial charge in [0.15, 0.2) is 0 Å². The van der Waals surface area contributed by atoms with Crippen molar-refractivity contribution in [3.05, 3.63) is 94.0 Å². The van der Waals surface area contributed by atoms with Crippen molar-refractivity contribution in [1.82, 2.24) is 4.72 Å². The Labute approximate surface area is 202 Å². The Bertz CT molecular complexity index is 1280. The van der Waals surface area contributed by atoms with Crippen LogP contribution >= 0.6 is 23.2 Å². The molecule has 0 aromatic heterocycles. The summed E-state index contributed by atoms with van der Waals surface area (Å²) in [5.41, 5.74) is -0.0852. The lowest BCUT2D eigenvalue weighted by atomic mass is 10.1. The summed E-state index contributed by atoms with van der Waals surface area (Å²) in [5.74, 6) is -1.63. The maximum Gasteiger partial charge on any atom is 0.325 e. The molecule has 3 atom stereocenters. The second kappa shape index (κ2) is 8.99. The fourth-order valence-corrected chi connectivity index (χ4v) is 6.02. The lowest BCUT2D eigenvalue weighted by molar-refractivity contribution is -0.140. The van der Waals surface area contributed by atoms with Gasteiger partial charge < -0.3 is 9.84 Å². The Balaban J connectivity index is 1.49. The number of nitrogens with one attached hydrogen (secondary N) is 1. The van der Waals surface area contributed by atoms with Crippen molar-refractivity contribution in [3.8, 4) is 5.75 Å². The van der Waals surface area contributed by atoms with Crippen LogP contribution in [0, 0.1) is 5.92 Å². The van der Waals surface area contributed by atoms with Gasteiger partial charge >= 0.3 is 5.97 Å². The van der Waals surface area contributed by atoms with Crippen molar-refractivity contribution < 1.29 is 23.1 Å². The van der Waals surface area contributed by atoms with Gasteiger partial charge in [-0.3, -0.25) is 4.79 Å². The molecule has 4 rings (SSSR count). The zero-order valence-electron chi connectivity index (χ0n) is 17.5. The van der Waals surface area contributed by atoms with Crippen molar-refractivity contribution in [2.24, 2.45) is 5.92 Å². The molecular formula is C24H21Cl2NO5S. The van der Waals surface area contributed by atoms with E-state index in [-0.39, 0.29) is 11.5 Å². The summed E-state index contributed by atoms with van der Waals surface area (Å²) in [6.07, 6.45) is 0. The quantitative estimate of drug-likeness (QED) is 0.443. The summed E-state index contributed by atoms with van der Waals surface area (Å²) < 4.78 is 34.2. The highest BCUT2D eigenvalue weighted by atomic mass is 35.5. The highest BCUT2D eigenvalue weighted by molar-refractivity contribution is 7.89. The predicted octanol–water partition coefficient (Wildman–Crippen LogP) is 5.11.